The normalized spacial score (nSPS) is 11.9. The molecule has 0 aliphatic rings. The summed E-state index contributed by atoms with van der Waals surface area (Å²) in [7, 11) is 1.30. The molecule has 0 aromatic heterocycles. The number of carbonyl (C=O) groups is 1. The number of hydrogen-bond acceptors (Lipinski definition) is 4. The predicted molar refractivity (Wildman–Crippen MR) is 54.6 cm³/mol. The monoisotopic (exact) mass is 210 g/mol. The number of hydrogen-bond donors (Lipinski definition) is 1. The van der Waals surface area contributed by atoms with E-state index in [4.69, 9.17) is 4.74 Å². The van der Waals surface area contributed by atoms with Crippen LogP contribution in [0.4, 0.5) is 0 Å². The molecule has 4 heteroatoms. The number of aliphatic hydroxyl groups excluding tert-OH is 1. The predicted octanol–water partition coefficient (Wildman–Crippen LogP) is 1.29. The molecule has 1 N–H and O–H groups in total. The number of benzene rings is 1. The van der Waals surface area contributed by atoms with Crippen LogP contribution in [0.1, 0.15) is 18.6 Å². The van der Waals surface area contributed by atoms with Gasteiger partial charge in [0.2, 0.25) is 0 Å². The molecule has 82 valence electrons. The van der Waals surface area contributed by atoms with Crippen LogP contribution in [0.3, 0.4) is 0 Å². The molecular formula is C11H14O4. The number of methoxy groups -OCH3 is 1. The maximum absolute atomic E-state index is 10.8. The van der Waals surface area contributed by atoms with E-state index in [0.29, 0.717) is 5.75 Å². The van der Waals surface area contributed by atoms with E-state index in [2.05, 4.69) is 4.74 Å². The van der Waals surface area contributed by atoms with Crippen LogP contribution in [0.5, 0.6) is 5.75 Å². The molecule has 0 saturated carbocycles. The first-order valence-corrected chi connectivity index (χ1v) is 4.61. The van der Waals surface area contributed by atoms with Crippen LogP contribution >= 0.6 is 0 Å². The molecule has 0 saturated heterocycles. The third kappa shape index (κ3) is 3.59. The van der Waals surface area contributed by atoms with Crippen LogP contribution in [0.25, 0.3) is 0 Å². The zero-order valence-electron chi connectivity index (χ0n) is 8.77. The second-order valence-electron chi connectivity index (χ2n) is 3.11. The van der Waals surface area contributed by atoms with Crippen LogP contribution in [-0.2, 0) is 9.53 Å². The van der Waals surface area contributed by atoms with Crippen LogP contribution in [0.2, 0.25) is 0 Å². The minimum Gasteiger partial charge on any atom is -0.482 e. The molecular weight excluding hydrogens is 196 g/mol. The molecule has 0 aliphatic heterocycles. The highest BCUT2D eigenvalue weighted by Crippen LogP contribution is 2.18. The van der Waals surface area contributed by atoms with Gasteiger partial charge >= 0.3 is 5.97 Å². The van der Waals surface area contributed by atoms with Gasteiger partial charge in [-0.25, -0.2) is 4.79 Å². The van der Waals surface area contributed by atoms with Gasteiger partial charge in [-0.05, 0) is 24.6 Å². The van der Waals surface area contributed by atoms with Crippen molar-refractivity contribution >= 4 is 5.97 Å². The van der Waals surface area contributed by atoms with Crippen LogP contribution in [0, 0.1) is 0 Å². The average Bonchev–Trinajstić information content (AvgIpc) is 2.26. The molecule has 4 nitrogen and oxygen atoms in total. The molecule has 0 spiro atoms. The molecule has 0 bridgehead atoms. The van der Waals surface area contributed by atoms with E-state index >= 15 is 0 Å². The van der Waals surface area contributed by atoms with Crippen LogP contribution in [-0.4, -0.2) is 24.8 Å². The minimum absolute atomic E-state index is 0.125. The number of carbonyl (C=O) groups excluding carboxylic acids is 1. The average molecular weight is 210 g/mol. The Balaban J connectivity index is 2.61. The van der Waals surface area contributed by atoms with Crippen molar-refractivity contribution in [3.63, 3.8) is 0 Å². The Bertz CT molecular complexity index is 333. The van der Waals surface area contributed by atoms with Gasteiger partial charge in [-0.1, -0.05) is 12.1 Å². The van der Waals surface area contributed by atoms with E-state index in [1.165, 1.54) is 7.11 Å². The molecule has 1 aromatic rings. The lowest BCUT2D eigenvalue weighted by molar-refractivity contribution is -0.142. The van der Waals surface area contributed by atoms with Crippen molar-refractivity contribution in [2.75, 3.05) is 13.7 Å². The fourth-order valence-corrected chi connectivity index (χ4v) is 1.07. The Morgan fingerprint density at radius 2 is 2.27 bits per heavy atom. The standard InChI is InChI=1S/C11H14O4/c1-8(12)9-4-3-5-10(6-9)15-7-11(13)14-2/h3-6,8,12H,7H2,1-2H3/t8-/m0/s1. The number of ether oxygens (including phenoxy) is 2. The molecule has 0 radical (unpaired) electrons. The fourth-order valence-electron chi connectivity index (χ4n) is 1.07. The highest BCUT2D eigenvalue weighted by molar-refractivity contribution is 5.70. The summed E-state index contributed by atoms with van der Waals surface area (Å²) in [6.45, 7) is 1.54. The SMILES string of the molecule is COC(=O)COc1cccc([C@H](C)O)c1. The summed E-state index contributed by atoms with van der Waals surface area (Å²) in [4.78, 5) is 10.8. The maximum Gasteiger partial charge on any atom is 0.343 e. The first-order valence-electron chi connectivity index (χ1n) is 4.61. The zero-order chi connectivity index (χ0) is 11.3. The first kappa shape index (κ1) is 11.5. The number of esters is 1. The summed E-state index contributed by atoms with van der Waals surface area (Å²) in [5.74, 6) is 0.108. The van der Waals surface area contributed by atoms with Crippen molar-refractivity contribution in [3.05, 3.63) is 29.8 Å². The zero-order valence-corrected chi connectivity index (χ0v) is 8.77. The van der Waals surface area contributed by atoms with Crippen molar-refractivity contribution in [1.82, 2.24) is 0 Å². The lowest BCUT2D eigenvalue weighted by atomic mass is 10.1. The Hall–Kier alpha value is -1.55. The van der Waals surface area contributed by atoms with E-state index in [0.717, 1.165) is 5.56 Å². The van der Waals surface area contributed by atoms with Crippen molar-refractivity contribution in [1.29, 1.82) is 0 Å². The first-order chi connectivity index (χ1) is 7.13. The Morgan fingerprint density at radius 1 is 1.53 bits per heavy atom. The van der Waals surface area contributed by atoms with E-state index in [1.807, 2.05) is 0 Å². The number of aliphatic hydroxyl groups is 1. The van der Waals surface area contributed by atoms with Gasteiger partial charge in [0.15, 0.2) is 6.61 Å². The largest absolute Gasteiger partial charge is 0.482 e. The highest BCUT2D eigenvalue weighted by atomic mass is 16.6. The topological polar surface area (TPSA) is 55.8 Å². The van der Waals surface area contributed by atoms with Crippen molar-refractivity contribution in [2.24, 2.45) is 0 Å². The Morgan fingerprint density at radius 3 is 2.87 bits per heavy atom. The molecule has 0 unspecified atom stereocenters. The lowest BCUT2D eigenvalue weighted by Crippen LogP contribution is -2.12. The van der Waals surface area contributed by atoms with Gasteiger partial charge < -0.3 is 14.6 Å². The molecule has 1 rings (SSSR count). The summed E-state index contributed by atoms with van der Waals surface area (Å²) in [6.07, 6.45) is -0.549. The van der Waals surface area contributed by atoms with Gasteiger partial charge in [0, 0.05) is 0 Å². The lowest BCUT2D eigenvalue weighted by Gasteiger charge is -2.08. The summed E-state index contributed by atoms with van der Waals surface area (Å²) < 4.78 is 9.60. The van der Waals surface area contributed by atoms with Gasteiger partial charge in [0.05, 0.1) is 13.2 Å². The quantitative estimate of drug-likeness (QED) is 0.761. The molecule has 0 fully saturated rings. The third-order valence-electron chi connectivity index (χ3n) is 1.92. The van der Waals surface area contributed by atoms with Crippen molar-refractivity contribution in [3.8, 4) is 5.75 Å². The maximum atomic E-state index is 10.8. The van der Waals surface area contributed by atoms with E-state index in [1.54, 1.807) is 31.2 Å². The minimum atomic E-state index is -0.549. The summed E-state index contributed by atoms with van der Waals surface area (Å²) in [5.41, 5.74) is 0.748. The Labute approximate surface area is 88.4 Å². The molecule has 0 aliphatic carbocycles. The van der Waals surface area contributed by atoms with Crippen molar-refractivity contribution in [2.45, 2.75) is 13.0 Å². The molecule has 15 heavy (non-hydrogen) atoms. The second-order valence-corrected chi connectivity index (χ2v) is 3.11. The molecule has 0 amide bonds. The van der Waals surface area contributed by atoms with Crippen LogP contribution in [0.15, 0.2) is 24.3 Å². The Kier molecular flexibility index (Phi) is 4.12. The second kappa shape index (κ2) is 5.36. The molecule has 1 aromatic carbocycles. The van der Waals surface area contributed by atoms with E-state index < -0.39 is 12.1 Å². The number of rotatable bonds is 4. The van der Waals surface area contributed by atoms with Gasteiger partial charge in [0.1, 0.15) is 5.75 Å². The van der Waals surface area contributed by atoms with Gasteiger partial charge in [-0.15, -0.1) is 0 Å². The van der Waals surface area contributed by atoms with Crippen LogP contribution < -0.4 is 4.74 Å². The smallest absolute Gasteiger partial charge is 0.343 e. The summed E-state index contributed by atoms with van der Waals surface area (Å²) in [6, 6.07) is 6.95. The summed E-state index contributed by atoms with van der Waals surface area (Å²) in [5, 5.41) is 9.32. The van der Waals surface area contributed by atoms with E-state index in [9.17, 15) is 9.90 Å². The van der Waals surface area contributed by atoms with Crippen molar-refractivity contribution < 1.29 is 19.4 Å². The third-order valence-corrected chi connectivity index (χ3v) is 1.92. The molecule has 1 atom stereocenters. The van der Waals surface area contributed by atoms with E-state index in [-0.39, 0.29) is 6.61 Å². The van der Waals surface area contributed by atoms with Gasteiger partial charge in [-0.2, -0.15) is 0 Å². The molecule has 0 heterocycles. The highest BCUT2D eigenvalue weighted by Gasteiger charge is 2.04. The fraction of sp³-hybridized carbons (Fsp3) is 0.364. The van der Waals surface area contributed by atoms with Gasteiger partial charge in [-0.3, -0.25) is 0 Å². The van der Waals surface area contributed by atoms with Gasteiger partial charge in [0.25, 0.3) is 0 Å². The summed E-state index contributed by atoms with van der Waals surface area (Å²) >= 11 is 0.